The van der Waals surface area contributed by atoms with Gasteiger partial charge in [0.05, 0.1) is 27.0 Å². The van der Waals surface area contributed by atoms with Crippen LogP contribution in [-0.2, 0) is 4.79 Å². The van der Waals surface area contributed by atoms with E-state index in [1.807, 2.05) is 19.1 Å². The van der Waals surface area contributed by atoms with E-state index in [2.05, 4.69) is 10.3 Å². The first-order valence-corrected chi connectivity index (χ1v) is 8.44. The number of thiazole rings is 1. The molecular formula is C18H13N3O3S. The number of aryl methyl sites for hydroxylation is 1. The van der Waals surface area contributed by atoms with Gasteiger partial charge in [-0.05, 0) is 30.7 Å². The van der Waals surface area contributed by atoms with E-state index in [1.54, 1.807) is 24.3 Å². The number of hydrogen-bond acceptors (Lipinski definition) is 5. The summed E-state index contributed by atoms with van der Waals surface area (Å²) < 4.78 is 0.693. The van der Waals surface area contributed by atoms with E-state index < -0.39 is 0 Å². The van der Waals surface area contributed by atoms with E-state index in [0.29, 0.717) is 32.2 Å². The Kier molecular flexibility index (Phi) is 3.40. The van der Waals surface area contributed by atoms with Crippen molar-refractivity contribution in [2.24, 2.45) is 0 Å². The van der Waals surface area contributed by atoms with Crippen molar-refractivity contribution in [3.05, 3.63) is 53.1 Å². The maximum atomic E-state index is 12.8. The summed E-state index contributed by atoms with van der Waals surface area (Å²) in [5.41, 5.74) is 2.75. The summed E-state index contributed by atoms with van der Waals surface area (Å²) in [4.78, 5) is 42.5. The van der Waals surface area contributed by atoms with Gasteiger partial charge in [-0.3, -0.25) is 14.4 Å². The molecule has 0 aliphatic carbocycles. The minimum Gasteiger partial charge on any atom is -0.302 e. The molecular weight excluding hydrogens is 338 g/mol. The van der Waals surface area contributed by atoms with Crippen molar-refractivity contribution >= 4 is 50.1 Å². The highest BCUT2D eigenvalue weighted by Crippen LogP contribution is 2.40. The molecule has 7 heteroatoms. The molecule has 1 aliphatic heterocycles. The Morgan fingerprint density at radius 1 is 1.08 bits per heavy atom. The molecule has 0 saturated heterocycles. The summed E-state index contributed by atoms with van der Waals surface area (Å²) in [5, 5.41) is 3.09. The molecule has 2 heterocycles. The Hall–Kier alpha value is -3.06. The number of nitrogens with zero attached hydrogens (tertiary/aromatic N) is 2. The molecule has 3 amide bonds. The predicted molar refractivity (Wildman–Crippen MR) is 96.2 cm³/mol. The van der Waals surface area contributed by atoms with Gasteiger partial charge in [0.2, 0.25) is 5.91 Å². The molecule has 1 N–H and O–H groups in total. The Morgan fingerprint density at radius 3 is 2.32 bits per heavy atom. The van der Waals surface area contributed by atoms with Gasteiger partial charge >= 0.3 is 0 Å². The first-order valence-electron chi connectivity index (χ1n) is 7.63. The number of nitrogens with one attached hydrogen (secondary N) is 1. The van der Waals surface area contributed by atoms with Crippen LogP contribution >= 0.6 is 11.3 Å². The molecule has 6 nitrogen and oxygen atoms in total. The number of carbonyl (C=O) groups excluding carboxylic acids is 3. The molecule has 2 aromatic carbocycles. The van der Waals surface area contributed by atoms with Crippen LogP contribution in [0.3, 0.4) is 0 Å². The van der Waals surface area contributed by atoms with Crippen molar-refractivity contribution < 1.29 is 14.4 Å². The average Bonchev–Trinajstić information content (AvgIpc) is 3.08. The molecule has 1 aliphatic rings. The molecule has 0 spiro atoms. The van der Waals surface area contributed by atoms with Crippen LogP contribution < -0.4 is 10.2 Å². The van der Waals surface area contributed by atoms with E-state index >= 15 is 0 Å². The second-order valence-electron chi connectivity index (χ2n) is 5.77. The van der Waals surface area contributed by atoms with Crippen LogP contribution in [0.25, 0.3) is 10.2 Å². The summed E-state index contributed by atoms with van der Waals surface area (Å²) in [6.07, 6.45) is 0. The summed E-state index contributed by atoms with van der Waals surface area (Å²) in [5.74, 6) is -0.908. The molecule has 0 atom stereocenters. The third-order valence-corrected chi connectivity index (χ3v) is 5.03. The van der Waals surface area contributed by atoms with Gasteiger partial charge in [-0.2, -0.15) is 0 Å². The molecule has 0 unspecified atom stereocenters. The summed E-state index contributed by atoms with van der Waals surface area (Å²) in [7, 11) is 0. The van der Waals surface area contributed by atoms with Gasteiger partial charge in [-0.25, -0.2) is 9.88 Å². The number of hydrogen-bond donors (Lipinski definition) is 1. The highest BCUT2D eigenvalue weighted by atomic mass is 32.1. The van der Waals surface area contributed by atoms with Crippen LogP contribution in [0.5, 0.6) is 0 Å². The Morgan fingerprint density at radius 2 is 1.72 bits per heavy atom. The summed E-state index contributed by atoms with van der Waals surface area (Å²) >= 11 is 1.25. The number of rotatable bonds is 2. The van der Waals surface area contributed by atoms with Gasteiger partial charge in [0.1, 0.15) is 0 Å². The zero-order valence-corrected chi connectivity index (χ0v) is 14.3. The molecule has 25 heavy (non-hydrogen) atoms. The lowest BCUT2D eigenvalue weighted by atomic mass is 10.1. The zero-order valence-electron chi connectivity index (χ0n) is 13.5. The summed E-state index contributed by atoms with van der Waals surface area (Å²) in [6.45, 7) is 3.25. The van der Waals surface area contributed by atoms with E-state index in [1.165, 1.54) is 23.2 Å². The Balaban J connectivity index is 1.91. The van der Waals surface area contributed by atoms with Gasteiger partial charge in [-0.1, -0.05) is 29.5 Å². The van der Waals surface area contributed by atoms with Crippen molar-refractivity contribution in [2.45, 2.75) is 13.8 Å². The molecule has 0 radical (unpaired) electrons. The topological polar surface area (TPSA) is 79.4 Å². The van der Waals surface area contributed by atoms with Gasteiger partial charge < -0.3 is 5.32 Å². The quantitative estimate of drug-likeness (QED) is 0.718. The van der Waals surface area contributed by atoms with Crippen LogP contribution in [0.2, 0.25) is 0 Å². The number of fused-ring (bicyclic) bond motifs is 2. The normalized spacial score (nSPS) is 13.4. The van der Waals surface area contributed by atoms with Crippen LogP contribution in [0.4, 0.5) is 10.8 Å². The first-order chi connectivity index (χ1) is 12.0. The Labute approximate surface area is 147 Å². The average molecular weight is 351 g/mol. The van der Waals surface area contributed by atoms with Crippen LogP contribution in [0.15, 0.2) is 36.4 Å². The number of benzene rings is 2. The predicted octanol–water partition coefficient (Wildman–Crippen LogP) is 3.36. The minimum absolute atomic E-state index is 0.224. The summed E-state index contributed by atoms with van der Waals surface area (Å²) in [6, 6.07) is 10.4. The molecule has 3 aromatic rings. The lowest BCUT2D eigenvalue weighted by Gasteiger charge is -2.17. The number of carbonyl (C=O) groups is 3. The van der Waals surface area contributed by atoms with Crippen molar-refractivity contribution in [1.29, 1.82) is 0 Å². The first kappa shape index (κ1) is 15.5. The smallest absolute Gasteiger partial charge is 0.266 e. The Bertz CT molecular complexity index is 1040. The SMILES string of the molecule is CC(=O)Nc1nc2ccc(C)c(N3C(=O)c4ccccc4C3=O)c2s1. The fourth-order valence-corrected chi connectivity index (χ4v) is 4.05. The van der Waals surface area contributed by atoms with Crippen molar-refractivity contribution in [2.75, 3.05) is 10.2 Å². The maximum absolute atomic E-state index is 12.8. The van der Waals surface area contributed by atoms with E-state index in [-0.39, 0.29) is 17.7 Å². The fraction of sp³-hybridized carbons (Fsp3) is 0.111. The third kappa shape index (κ3) is 2.32. The van der Waals surface area contributed by atoms with Crippen molar-refractivity contribution in [3.63, 3.8) is 0 Å². The zero-order chi connectivity index (χ0) is 17.7. The van der Waals surface area contributed by atoms with Gasteiger partial charge in [0.25, 0.3) is 11.8 Å². The second kappa shape index (κ2) is 5.49. The van der Waals surface area contributed by atoms with Crippen molar-refractivity contribution in [1.82, 2.24) is 4.98 Å². The second-order valence-corrected chi connectivity index (χ2v) is 6.77. The molecule has 0 fully saturated rings. The van der Waals surface area contributed by atoms with E-state index in [0.717, 1.165) is 5.56 Å². The number of imide groups is 1. The van der Waals surface area contributed by atoms with Crippen LogP contribution in [-0.4, -0.2) is 22.7 Å². The fourth-order valence-electron chi connectivity index (χ4n) is 2.95. The lowest BCUT2D eigenvalue weighted by molar-refractivity contribution is -0.114. The molecule has 0 saturated carbocycles. The number of amides is 3. The largest absolute Gasteiger partial charge is 0.302 e. The monoisotopic (exact) mass is 351 g/mol. The van der Waals surface area contributed by atoms with Crippen LogP contribution in [0, 0.1) is 6.92 Å². The van der Waals surface area contributed by atoms with Gasteiger partial charge in [0.15, 0.2) is 5.13 Å². The van der Waals surface area contributed by atoms with Gasteiger partial charge in [0, 0.05) is 6.92 Å². The van der Waals surface area contributed by atoms with E-state index in [9.17, 15) is 14.4 Å². The van der Waals surface area contributed by atoms with Gasteiger partial charge in [-0.15, -0.1) is 0 Å². The molecule has 124 valence electrons. The van der Waals surface area contributed by atoms with Crippen LogP contribution in [0.1, 0.15) is 33.2 Å². The minimum atomic E-state index is -0.342. The number of aromatic nitrogens is 1. The van der Waals surface area contributed by atoms with Crippen molar-refractivity contribution in [3.8, 4) is 0 Å². The highest BCUT2D eigenvalue weighted by molar-refractivity contribution is 7.23. The maximum Gasteiger partial charge on any atom is 0.266 e. The number of anilines is 2. The molecule has 0 bridgehead atoms. The standard InChI is InChI=1S/C18H13N3O3S/c1-9-7-8-13-15(25-18(20-13)19-10(2)22)14(9)21-16(23)11-5-3-4-6-12(11)17(21)24/h3-8H,1-2H3,(H,19,20,22). The van der Waals surface area contributed by atoms with E-state index in [4.69, 9.17) is 0 Å². The molecule has 1 aromatic heterocycles. The highest BCUT2D eigenvalue weighted by Gasteiger charge is 2.38. The lowest BCUT2D eigenvalue weighted by Crippen LogP contribution is -2.30. The molecule has 4 rings (SSSR count). The third-order valence-electron chi connectivity index (χ3n) is 4.03.